The van der Waals surface area contributed by atoms with E-state index in [0.717, 1.165) is 11.5 Å². The summed E-state index contributed by atoms with van der Waals surface area (Å²) in [5.74, 6) is 1.14. The van der Waals surface area contributed by atoms with E-state index >= 15 is 0 Å². The van der Waals surface area contributed by atoms with Crippen molar-refractivity contribution in [1.82, 2.24) is 24.7 Å². The minimum absolute atomic E-state index is 0.152. The van der Waals surface area contributed by atoms with Crippen LogP contribution in [-0.4, -0.2) is 74.1 Å². The zero-order chi connectivity index (χ0) is 20.0. The average Bonchev–Trinajstić information content (AvgIpc) is 3.21. The molecule has 3 rings (SSSR count). The second-order valence-electron chi connectivity index (χ2n) is 6.24. The zero-order valence-corrected chi connectivity index (χ0v) is 16.7. The lowest BCUT2D eigenvalue weighted by Gasteiger charge is -2.35. The first-order valence-electron chi connectivity index (χ1n) is 8.83. The third-order valence-corrected chi connectivity index (χ3v) is 6.23. The molecule has 11 heteroatoms. The number of hydrogen-bond donors (Lipinski definition) is 1. The number of piperazine rings is 1. The highest BCUT2D eigenvalue weighted by Gasteiger charge is 2.28. The Morgan fingerprint density at radius 3 is 2.64 bits per heavy atom. The Hall–Kier alpha value is -2.66. The first kappa shape index (κ1) is 20.1. The number of ether oxygens (including phenoxy) is 1. The molecule has 1 saturated heterocycles. The van der Waals surface area contributed by atoms with Crippen LogP contribution in [0.15, 0.2) is 40.2 Å². The van der Waals surface area contributed by atoms with Crippen LogP contribution in [0.4, 0.5) is 0 Å². The van der Waals surface area contributed by atoms with E-state index < -0.39 is 10.0 Å². The fourth-order valence-corrected chi connectivity index (χ4v) is 4.34. The number of aromatic nitrogens is 2. The van der Waals surface area contributed by atoms with Gasteiger partial charge in [-0.05, 0) is 5.56 Å². The zero-order valence-electron chi connectivity index (χ0n) is 15.9. The molecule has 0 spiro atoms. The van der Waals surface area contributed by atoms with Gasteiger partial charge in [-0.25, -0.2) is 13.4 Å². The van der Waals surface area contributed by atoms with Gasteiger partial charge in [-0.3, -0.25) is 4.99 Å². The van der Waals surface area contributed by atoms with Crippen molar-refractivity contribution in [1.29, 1.82) is 0 Å². The van der Waals surface area contributed by atoms with Gasteiger partial charge in [0.25, 0.3) is 0 Å². The number of pyridine rings is 1. The maximum atomic E-state index is 12.5. The Kier molecular flexibility index (Phi) is 6.47. The number of hydrogen-bond acceptors (Lipinski definition) is 7. The maximum absolute atomic E-state index is 12.5. The number of guanidine groups is 1. The largest absolute Gasteiger partial charge is 0.481 e. The first-order chi connectivity index (χ1) is 13.5. The van der Waals surface area contributed by atoms with Crippen LogP contribution in [0, 0.1) is 0 Å². The van der Waals surface area contributed by atoms with Crippen LogP contribution < -0.4 is 10.1 Å². The lowest BCUT2D eigenvalue weighted by molar-refractivity contribution is 0.259. The molecule has 1 fully saturated rings. The molecule has 28 heavy (non-hydrogen) atoms. The minimum atomic E-state index is -3.42. The molecule has 0 amide bonds. The van der Waals surface area contributed by atoms with Gasteiger partial charge in [0.05, 0.1) is 12.8 Å². The predicted molar refractivity (Wildman–Crippen MR) is 103 cm³/mol. The van der Waals surface area contributed by atoms with E-state index in [4.69, 9.17) is 9.26 Å². The van der Waals surface area contributed by atoms with Crippen molar-refractivity contribution < 1.29 is 17.7 Å². The predicted octanol–water partition coefficient (Wildman–Crippen LogP) is 0.301. The molecule has 1 aliphatic rings. The van der Waals surface area contributed by atoms with Crippen LogP contribution in [0.5, 0.6) is 5.88 Å². The fraction of sp³-hybridized carbons (Fsp3) is 0.471. The van der Waals surface area contributed by atoms with E-state index in [-0.39, 0.29) is 5.75 Å². The lowest BCUT2D eigenvalue weighted by Crippen LogP contribution is -2.53. The van der Waals surface area contributed by atoms with Gasteiger partial charge in [-0.1, -0.05) is 11.2 Å². The summed E-state index contributed by atoms with van der Waals surface area (Å²) in [6.07, 6.45) is 3.12. The van der Waals surface area contributed by atoms with Crippen molar-refractivity contribution in [3.8, 4) is 5.88 Å². The van der Waals surface area contributed by atoms with Crippen LogP contribution in [-0.2, 0) is 22.3 Å². The van der Waals surface area contributed by atoms with E-state index in [9.17, 15) is 8.42 Å². The van der Waals surface area contributed by atoms with Crippen molar-refractivity contribution in [2.45, 2.75) is 12.3 Å². The number of sulfonamides is 1. The molecule has 0 unspecified atom stereocenters. The van der Waals surface area contributed by atoms with Gasteiger partial charge >= 0.3 is 0 Å². The van der Waals surface area contributed by atoms with Crippen LogP contribution in [0.25, 0.3) is 0 Å². The summed E-state index contributed by atoms with van der Waals surface area (Å²) in [5, 5.41) is 6.97. The van der Waals surface area contributed by atoms with E-state index in [1.807, 2.05) is 11.0 Å². The van der Waals surface area contributed by atoms with Crippen molar-refractivity contribution in [3.63, 3.8) is 0 Å². The highest BCUT2D eigenvalue weighted by molar-refractivity contribution is 7.88. The molecule has 0 atom stereocenters. The summed E-state index contributed by atoms with van der Waals surface area (Å²) in [4.78, 5) is 10.5. The smallest absolute Gasteiger partial charge is 0.220 e. The standard InChI is InChI=1S/C17H24N6O4S/c1-18-17(20-12-14-3-4-16(26-2)19-11-14)22-6-8-23(9-7-22)28(24,25)13-15-5-10-27-21-15/h3-5,10-11H,6-9,12-13H2,1-2H3,(H,18,20). The van der Waals surface area contributed by atoms with Crippen molar-refractivity contribution in [2.24, 2.45) is 4.99 Å². The summed E-state index contributed by atoms with van der Waals surface area (Å²) in [7, 11) is -0.133. The Labute approximate surface area is 164 Å². The van der Waals surface area contributed by atoms with Crippen LogP contribution in [0.2, 0.25) is 0 Å². The van der Waals surface area contributed by atoms with Gasteiger partial charge in [0, 0.05) is 58.1 Å². The molecule has 2 aromatic heterocycles. The highest BCUT2D eigenvalue weighted by Crippen LogP contribution is 2.13. The summed E-state index contributed by atoms with van der Waals surface area (Å²) >= 11 is 0. The molecule has 1 aliphatic heterocycles. The number of nitrogens with one attached hydrogen (secondary N) is 1. The molecular formula is C17H24N6O4S. The molecule has 2 aromatic rings. The molecule has 0 aliphatic carbocycles. The molecule has 0 bridgehead atoms. The number of methoxy groups -OCH3 is 1. The molecule has 0 saturated carbocycles. The summed E-state index contributed by atoms with van der Waals surface area (Å²) < 4.78 is 36.3. The van der Waals surface area contributed by atoms with Gasteiger partial charge in [-0.2, -0.15) is 4.31 Å². The highest BCUT2D eigenvalue weighted by atomic mass is 32.2. The van der Waals surface area contributed by atoms with Crippen LogP contribution in [0.1, 0.15) is 11.3 Å². The monoisotopic (exact) mass is 408 g/mol. The normalized spacial score (nSPS) is 16.2. The van der Waals surface area contributed by atoms with E-state index in [1.54, 1.807) is 32.5 Å². The fourth-order valence-electron chi connectivity index (χ4n) is 2.92. The summed E-state index contributed by atoms with van der Waals surface area (Å²) in [6, 6.07) is 5.30. The maximum Gasteiger partial charge on any atom is 0.220 e. The molecule has 0 aromatic carbocycles. The third kappa shape index (κ3) is 4.98. The van der Waals surface area contributed by atoms with Crippen LogP contribution >= 0.6 is 0 Å². The number of aliphatic imine (C=N–C) groups is 1. The van der Waals surface area contributed by atoms with Gasteiger partial charge in [0.1, 0.15) is 12.0 Å². The molecule has 0 radical (unpaired) electrons. The molecule has 3 heterocycles. The lowest BCUT2D eigenvalue weighted by atomic mass is 10.3. The van der Waals surface area contributed by atoms with E-state index in [2.05, 4.69) is 20.4 Å². The average molecular weight is 408 g/mol. The van der Waals surface area contributed by atoms with Gasteiger partial charge in [0.2, 0.25) is 15.9 Å². The van der Waals surface area contributed by atoms with Crippen molar-refractivity contribution in [2.75, 3.05) is 40.3 Å². The van der Waals surface area contributed by atoms with E-state index in [1.165, 1.54) is 10.6 Å². The van der Waals surface area contributed by atoms with E-state index in [0.29, 0.717) is 44.3 Å². The third-order valence-electron chi connectivity index (χ3n) is 4.42. The Morgan fingerprint density at radius 1 is 1.29 bits per heavy atom. The second kappa shape index (κ2) is 9.02. The second-order valence-corrected chi connectivity index (χ2v) is 8.21. The molecular weight excluding hydrogens is 384 g/mol. The van der Waals surface area contributed by atoms with Crippen LogP contribution in [0.3, 0.4) is 0 Å². The molecule has 10 nitrogen and oxygen atoms in total. The topological polar surface area (TPSA) is 113 Å². The minimum Gasteiger partial charge on any atom is -0.481 e. The van der Waals surface area contributed by atoms with Gasteiger partial charge in [0.15, 0.2) is 5.96 Å². The van der Waals surface area contributed by atoms with Crippen molar-refractivity contribution >= 4 is 16.0 Å². The van der Waals surface area contributed by atoms with Gasteiger partial charge < -0.3 is 19.5 Å². The van der Waals surface area contributed by atoms with Crippen molar-refractivity contribution in [3.05, 3.63) is 41.9 Å². The molecule has 1 N–H and O–H groups in total. The molecule has 152 valence electrons. The first-order valence-corrected chi connectivity index (χ1v) is 10.4. The quantitative estimate of drug-likeness (QED) is 0.536. The Morgan fingerprint density at radius 2 is 2.07 bits per heavy atom. The number of nitrogens with zero attached hydrogens (tertiary/aromatic N) is 5. The van der Waals surface area contributed by atoms with Gasteiger partial charge in [-0.15, -0.1) is 0 Å². The Bertz CT molecular complexity index is 875. The number of rotatable bonds is 6. The Balaban J connectivity index is 1.52. The summed E-state index contributed by atoms with van der Waals surface area (Å²) in [6.45, 7) is 2.46. The SMILES string of the molecule is CN=C(NCc1ccc(OC)nc1)N1CCN(S(=O)(=O)Cc2ccon2)CC1. The summed E-state index contributed by atoms with van der Waals surface area (Å²) in [5.41, 5.74) is 1.41.